The van der Waals surface area contributed by atoms with E-state index in [1.807, 2.05) is 26.0 Å². The minimum atomic E-state index is -0.655. The van der Waals surface area contributed by atoms with Crippen molar-refractivity contribution in [1.82, 2.24) is 9.47 Å². The van der Waals surface area contributed by atoms with Crippen LogP contribution in [0.25, 0.3) is 5.69 Å². The van der Waals surface area contributed by atoms with Crippen LogP contribution in [-0.2, 0) is 4.74 Å². The maximum absolute atomic E-state index is 12.4. The van der Waals surface area contributed by atoms with Crippen molar-refractivity contribution in [3.05, 3.63) is 87.2 Å². The number of esters is 1. The summed E-state index contributed by atoms with van der Waals surface area (Å²) in [5.41, 5.74) is 3.96. The Balaban J connectivity index is 1.52. The van der Waals surface area contributed by atoms with E-state index in [-0.39, 0.29) is 11.3 Å². The largest absolute Gasteiger partial charge is 0.423 e. The topological polar surface area (TPSA) is 86.8 Å². The van der Waals surface area contributed by atoms with Gasteiger partial charge >= 0.3 is 5.97 Å². The van der Waals surface area contributed by atoms with E-state index in [1.165, 1.54) is 24.3 Å². The Morgan fingerprint density at radius 3 is 2.45 bits per heavy atom. The summed E-state index contributed by atoms with van der Waals surface area (Å²) in [5.74, 6) is -0.306. The molecule has 8 nitrogen and oxygen atoms in total. The second-order valence-corrected chi connectivity index (χ2v) is 8.10. The Morgan fingerprint density at radius 2 is 1.79 bits per heavy atom. The first kappa shape index (κ1) is 22.6. The number of nitro benzene ring substituents is 1. The van der Waals surface area contributed by atoms with Crippen LogP contribution >= 0.6 is 12.2 Å². The average molecular weight is 466 g/mol. The lowest BCUT2D eigenvalue weighted by atomic mass is 10.2. The molecule has 0 radical (unpaired) electrons. The summed E-state index contributed by atoms with van der Waals surface area (Å²) in [5, 5.41) is 10.9. The number of carbonyl (C=O) groups excluding carboxylic acids is 1. The van der Waals surface area contributed by atoms with Gasteiger partial charge in [-0.3, -0.25) is 10.1 Å². The Hall–Kier alpha value is -3.56. The van der Waals surface area contributed by atoms with Crippen LogP contribution in [0.15, 0.2) is 54.6 Å². The van der Waals surface area contributed by atoms with Crippen LogP contribution in [0, 0.1) is 24.0 Å². The molecule has 3 aromatic rings. The molecule has 33 heavy (non-hydrogen) atoms. The third-order valence-electron chi connectivity index (χ3n) is 5.56. The number of benzene rings is 2. The maximum atomic E-state index is 12.4. The van der Waals surface area contributed by atoms with E-state index in [1.54, 1.807) is 12.1 Å². The average Bonchev–Trinajstić information content (AvgIpc) is 3.13. The molecule has 0 atom stereocenters. The summed E-state index contributed by atoms with van der Waals surface area (Å²) >= 11 is 5.75. The summed E-state index contributed by atoms with van der Waals surface area (Å²) in [6.07, 6.45) is 0. The smallest absolute Gasteiger partial charge is 0.343 e. The van der Waals surface area contributed by atoms with Gasteiger partial charge in [0.25, 0.3) is 5.69 Å². The number of carbonyl (C=O) groups is 1. The predicted molar refractivity (Wildman–Crippen MR) is 127 cm³/mol. The molecule has 9 heteroatoms. The number of thiocarbonyl (C=S) groups is 1. The number of hydrogen-bond acceptors (Lipinski definition) is 6. The third-order valence-corrected chi connectivity index (χ3v) is 6.04. The zero-order valence-corrected chi connectivity index (χ0v) is 19.1. The number of aryl methyl sites for hydroxylation is 1. The van der Waals surface area contributed by atoms with E-state index in [9.17, 15) is 14.9 Å². The van der Waals surface area contributed by atoms with Crippen LogP contribution in [0.4, 0.5) is 5.69 Å². The number of non-ortho nitro benzene ring substituents is 1. The number of hydrogen-bond donors (Lipinski definition) is 0. The molecule has 170 valence electrons. The van der Waals surface area contributed by atoms with E-state index in [0.29, 0.717) is 19.0 Å². The second kappa shape index (κ2) is 9.51. The van der Waals surface area contributed by atoms with Crippen LogP contribution in [0.3, 0.4) is 0 Å². The molecule has 0 spiro atoms. The number of nitrogens with zero attached hydrogens (tertiary/aromatic N) is 3. The first-order valence-electron chi connectivity index (χ1n) is 10.5. The molecule has 0 N–H and O–H groups in total. The lowest BCUT2D eigenvalue weighted by Crippen LogP contribution is -2.40. The molecule has 4 rings (SSSR count). The van der Waals surface area contributed by atoms with Crippen molar-refractivity contribution in [2.24, 2.45) is 0 Å². The highest BCUT2D eigenvalue weighted by molar-refractivity contribution is 7.80. The Kier molecular flexibility index (Phi) is 6.52. The van der Waals surface area contributed by atoms with Crippen LogP contribution in [0.2, 0.25) is 0 Å². The van der Waals surface area contributed by atoms with Crippen molar-refractivity contribution in [2.75, 3.05) is 26.3 Å². The normalized spacial score (nSPS) is 13.6. The van der Waals surface area contributed by atoms with Gasteiger partial charge < -0.3 is 18.9 Å². The fourth-order valence-electron chi connectivity index (χ4n) is 3.89. The monoisotopic (exact) mass is 465 g/mol. The van der Waals surface area contributed by atoms with Crippen molar-refractivity contribution >= 4 is 28.9 Å². The molecule has 1 fully saturated rings. The van der Waals surface area contributed by atoms with Gasteiger partial charge in [0.2, 0.25) is 0 Å². The van der Waals surface area contributed by atoms with Crippen LogP contribution in [-0.4, -0.2) is 51.7 Å². The predicted octanol–water partition coefficient (Wildman–Crippen LogP) is 4.23. The van der Waals surface area contributed by atoms with Gasteiger partial charge in [-0.2, -0.15) is 0 Å². The maximum Gasteiger partial charge on any atom is 0.343 e. The van der Waals surface area contributed by atoms with Gasteiger partial charge in [0.05, 0.1) is 23.7 Å². The molecule has 1 saturated heterocycles. The summed E-state index contributed by atoms with van der Waals surface area (Å²) in [6.45, 7) is 6.98. The molecule has 2 aromatic carbocycles. The Morgan fingerprint density at radius 1 is 1.09 bits per heavy atom. The summed E-state index contributed by atoms with van der Waals surface area (Å²) in [4.78, 5) is 25.8. The first-order chi connectivity index (χ1) is 15.8. The highest BCUT2D eigenvalue weighted by Crippen LogP contribution is 2.25. The fraction of sp³-hybridized carbons (Fsp3) is 0.250. The van der Waals surface area contributed by atoms with Crippen LogP contribution in [0.5, 0.6) is 5.75 Å². The number of morpholine rings is 1. The SMILES string of the molecule is Cc1cc(C(=S)N2CCOCC2)c(C)n1-c1ccc(OC(=O)c2cccc([N+](=O)[O-])c2)cc1. The summed E-state index contributed by atoms with van der Waals surface area (Å²) < 4.78 is 12.9. The standard InChI is InChI=1S/C24H23N3O5S/c1-16-14-22(23(33)25-10-12-31-13-11-25)17(2)26(16)19-6-8-21(9-7-19)32-24(28)18-4-3-5-20(15-18)27(29)30/h3-9,14-15H,10-13H2,1-2H3. The molecule has 1 aromatic heterocycles. The molecule has 0 unspecified atom stereocenters. The molecule has 0 saturated carbocycles. The third kappa shape index (κ3) is 4.79. The van der Waals surface area contributed by atoms with Crippen molar-refractivity contribution in [2.45, 2.75) is 13.8 Å². The zero-order chi connectivity index (χ0) is 23.5. The van der Waals surface area contributed by atoms with E-state index in [4.69, 9.17) is 21.7 Å². The first-order valence-corrected chi connectivity index (χ1v) is 10.9. The molecule has 1 aliphatic heterocycles. The van der Waals surface area contributed by atoms with Crippen molar-refractivity contribution < 1.29 is 19.2 Å². The van der Waals surface area contributed by atoms with Gasteiger partial charge in [0.15, 0.2) is 0 Å². The van der Waals surface area contributed by atoms with E-state index < -0.39 is 10.9 Å². The van der Waals surface area contributed by atoms with Crippen LogP contribution in [0.1, 0.15) is 27.3 Å². The number of rotatable bonds is 5. The van der Waals surface area contributed by atoms with E-state index in [2.05, 4.69) is 15.5 Å². The molecular weight excluding hydrogens is 442 g/mol. The molecule has 1 aliphatic rings. The Labute approximate surface area is 196 Å². The van der Waals surface area contributed by atoms with E-state index in [0.717, 1.165) is 40.7 Å². The van der Waals surface area contributed by atoms with Gasteiger partial charge in [-0.15, -0.1) is 0 Å². The zero-order valence-electron chi connectivity index (χ0n) is 18.3. The number of aromatic nitrogens is 1. The minimum Gasteiger partial charge on any atom is -0.423 e. The molecule has 0 bridgehead atoms. The Bertz CT molecular complexity index is 1210. The molecule has 2 heterocycles. The molecule has 0 aliphatic carbocycles. The second-order valence-electron chi connectivity index (χ2n) is 7.72. The molecular formula is C24H23N3O5S. The summed E-state index contributed by atoms with van der Waals surface area (Å²) in [6, 6.07) is 14.7. The van der Waals surface area contributed by atoms with Crippen LogP contribution < -0.4 is 4.74 Å². The van der Waals surface area contributed by atoms with Crippen molar-refractivity contribution in [1.29, 1.82) is 0 Å². The van der Waals surface area contributed by atoms with Crippen molar-refractivity contribution in [3.63, 3.8) is 0 Å². The highest BCUT2D eigenvalue weighted by Gasteiger charge is 2.20. The van der Waals surface area contributed by atoms with Gasteiger partial charge in [-0.25, -0.2) is 4.79 Å². The van der Waals surface area contributed by atoms with Gasteiger partial charge in [-0.05, 0) is 50.2 Å². The lowest BCUT2D eigenvalue weighted by molar-refractivity contribution is -0.384. The minimum absolute atomic E-state index is 0.117. The highest BCUT2D eigenvalue weighted by atomic mass is 32.1. The van der Waals surface area contributed by atoms with E-state index >= 15 is 0 Å². The van der Waals surface area contributed by atoms with Gasteiger partial charge in [-0.1, -0.05) is 18.3 Å². The molecule has 0 amide bonds. The van der Waals surface area contributed by atoms with Gasteiger partial charge in [0, 0.05) is 47.9 Å². The lowest BCUT2D eigenvalue weighted by Gasteiger charge is -2.29. The number of ether oxygens (including phenoxy) is 2. The van der Waals surface area contributed by atoms with Gasteiger partial charge in [0.1, 0.15) is 10.7 Å². The fourth-order valence-corrected chi connectivity index (χ4v) is 4.28. The van der Waals surface area contributed by atoms with Crippen molar-refractivity contribution in [3.8, 4) is 11.4 Å². The summed E-state index contributed by atoms with van der Waals surface area (Å²) in [7, 11) is 0. The number of nitro groups is 1. The quantitative estimate of drug-likeness (QED) is 0.183.